The molecule has 2 rings (SSSR count). The van der Waals surface area contributed by atoms with E-state index in [-0.39, 0.29) is 16.9 Å². The number of benzene rings is 1. The fourth-order valence-corrected chi connectivity index (χ4v) is 2.09. The lowest BCUT2D eigenvalue weighted by atomic mass is 9.96. The maximum atomic E-state index is 10.7. The molecule has 0 saturated heterocycles. The lowest BCUT2D eigenvalue weighted by molar-refractivity contribution is -0.385. The number of hydrogen-bond donors (Lipinski definition) is 2. The molecular weight excluding hydrogens is 208 g/mol. The van der Waals surface area contributed by atoms with Gasteiger partial charge in [0.05, 0.1) is 4.92 Å². The number of phenolic OH excluding ortho intramolecular Hbond substituents is 1. The van der Waals surface area contributed by atoms with E-state index in [1.807, 2.05) is 13.8 Å². The molecule has 86 valence electrons. The molecule has 1 aromatic carbocycles. The van der Waals surface area contributed by atoms with Crippen molar-refractivity contribution in [3.05, 3.63) is 33.9 Å². The number of aromatic hydroxyl groups is 1. The van der Waals surface area contributed by atoms with Crippen LogP contribution in [0, 0.1) is 15.5 Å². The van der Waals surface area contributed by atoms with Crippen molar-refractivity contribution in [2.24, 2.45) is 11.1 Å². The number of nitrogens with zero attached hydrogens (tertiary/aromatic N) is 1. The van der Waals surface area contributed by atoms with Gasteiger partial charge in [0, 0.05) is 11.6 Å². The van der Waals surface area contributed by atoms with Crippen LogP contribution in [-0.2, 0) is 5.54 Å². The average Bonchev–Trinajstić information content (AvgIpc) is 2.67. The third kappa shape index (κ3) is 1.36. The summed E-state index contributed by atoms with van der Waals surface area (Å²) in [6, 6.07) is 4.34. The van der Waals surface area contributed by atoms with Gasteiger partial charge in [0.2, 0.25) is 0 Å². The van der Waals surface area contributed by atoms with Gasteiger partial charge in [-0.3, -0.25) is 10.1 Å². The summed E-state index contributed by atoms with van der Waals surface area (Å²) in [5, 5.41) is 20.0. The Morgan fingerprint density at radius 3 is 2.50 bits per heavy atom. The first-order valence-electron chi connectivity index (χ1n) is 5.05. The number of rotatable bonds is 2. The molecule has 1 saturated carbocycles. The normalized spacial score (nSPS) is 26.4. The Bertz CT molecular complexity index is 470. The highest BCUT2D eigenvalue weighted by Crippen LogP contribution is 2.60. The van der Waals surface area contributed by atoms with Crippen LogP contribution in [0.25, 0.3) is 0 Å². The fraction of sp³-hybridized carbons (Fsp3) is 0.455. The number of nitro groups is 1. The van der Waals surface area contributed by atoms with Crippen molar-refractivity contribution in [3.8, 4) is 5.75 Å². The highest BCUT2D eigenvalue weighted by molar-refractivity contribution is 5.51. The van der Waals surface area contributed by atoms with Crippen LogP contribution in [0.15, 0.2) is 18.2 Å². The van der Waals surface area contributed by atoms with E-state index in [4.69, 9.17) is 5.73 Å². The minimum Gasteiger partial charge on any atom is -0.502 e. The van der Waals surface area contributed by atoms with Crippen LogP contribution in [0.2, 0.25) is 0 Å². The molecule has 5 nitrogen and oxygen atoms in total. The summed E-state index contributed by atoms with van der Waals surface area (Å²) >= 11 is 0. The molecule has 0 bridgehead atoms. The number of phenols is 1. The first kappa shape index (κ1) is 10.9. The Labute approximate surface area is 93.0 Å². The zero-order valence-corrected chi connectivity index (χ0v) is 9.23. The zero-order valence-electron chi connectivity index (χ0n) is 9.23. The molecule has 1 atom stereocenters. The van der Waals surface area contributed by atoms with Crippen LogP contribution in [0.1, 0.15) is 25.8 Å². The average molecular weight is 222 g/mol. The standard InChI is InChI=1S/C11H14N2O3/c1-10(2)6-11(10,12)7-3-4-9(14)8(5-7)13(15)16/h3-5,14H,6,12H2,1-2H3. The van der Waals surface area contributed by atoms with E-state index >= 15 is 0 Å². The third-order valence-electron chi connectivity index (χ3n) is 3.49. The number of hydrogen-bond acceptors (Lipinski definition) is 4. The van der Waals surface area contributed by atoms with Crippen LogP contribution in [0.3, 0.4) is 0 Å². The summed E-state index contributed by atoms with van der Waals surface area (Å²) in [5.74, 6) is -0.323. The Morgan fingerprint density at radius 2 is 2.06 bits per heavy atom. The molecule has 5 heteroatoms. The molecule has 0 amide bonds. The number of nitrogens with two attached hydrogens (primary N) is 1. The van der Waals surface area contributed by atoms with Gasteiger partial charge in [-0.25, -0.2) is 0 Å². The van der Waals surface area contributed by atoms with Gasteiger partial charge >= 0.3 is 5.69 Å². The van der Waals surface area contributed by atoms with Gasteiger partial charge in [0.15, 0.2) is 5.75 Å². The summed E-state index contributed by atoms with van der Waals surface area (Å²) in [4.78, 5) is 10.1. The SMILES string of the molecule is CC1(C)CC1(N)c1ccc(O)c([N+](=O)[O-])c1. The second-order valence-corrected chi connectivity index (χ2v) is 4.99. The summed E-state index contributed by atoms with van der Waals surface area (Å²) in [6.07, 6.45) is 0.794. The van der Waals surface area contributed by atoms with Gasteiger partial charge in [0.25, 0.3) is 0 Å². The molecule has 0 aromatic heterocycles. The maximum absolute atomic E-state index is 10.7. The third-order valence-corrected chi connectivity index (χ3v) is 3.49. The van der Waals surface area contributed by atoms with Gasteiger partial charge in [-0.1, -0.05) is 19.9 Å². The second kappa shape index (κ2) is 2.95. The quantitative estimate of drug-likeness (QED) is 0.590. The molecule has 0 spiro atoms. The van der Waals surface area contributed by atoms with E-state index < -0.39 is 10.5 Å². The molecule has 1 aliphatic carbocycles. The Hall–Kier alpha value is -1.62. The van der Waals surface area contributed by atoms with E-state index in [1.165, 1.54) is 12.1 Å². The minimum atomic E-state index is -0.600. The van der Waals surface area contributed by atoms with E-state index in [9.17, 15) is 15.2 Å². The molecule has 1 aliphatic rings. The first-order chi connectivity index (χ1) is 7.28. The van der Waals surface area contributed by atoms with Gasteiger partial charge < -0.3 is 10.8 Å². The summed E-state index contributed by atoms with van der Waals surface area (Å²) < 4.78 is 0. The Morgan fingerprint density at radius 1 is 1.50 bits per heavy atom. The lowest BCUT2D eigenvalue weighted by Crippen LogP contribution is -2.25. The molecule has 0 heterocycles. The highest BCUT2D eigenvalue weighted by atomic mass is 16.6. The molecular formula is C11H14N2O3. The summed E-state index contributed by atoms with van der Waals surface area (Å²) in [6.45, 7) is 4.04. The van der Waals surface area contributed by atoms with Crippen molar-refractivity contribution in [2.75, 3.05) is 0 Å². The monoisotopic (exact) mass is 222 g/mol. The van der Waals surface area contributed by atoms with Crippen LogP contribution in [-0.4, -0.2) is 10.0 Å². The van der Waals surface area contributed by atoms with Crippen LogP contribution in [0.4, 0.5) is 5.69 Å². The van der Waals surface area contributed by atoms with Crippen LogP contribution in [0.5, 0.6) is 5.75 Å². The largest absolute Gasteiger partial charge is 0.502 e. The topological polar surface area (TPSA) is 89.4 Å². The van der Waals surface area contributed by atoms with E-state index in [1.54, 1.807) is 6.07 Å². The Balaban J connectivity index is 2.46. The molecule has 1 unspecified atom stereocenters. The van der Waals surface area contributed by atoms with Crippen molar-refractivity contribution in [1.29, 1.82) is 0 Å². The molecule has 0 aliphatic heterocycles. The van der Waals surface area contributed by atoms with E-state index in [2.05, 4.69) is 0 Å². The fourth-order valence-electron chi connectivity index (χ4n) is 2.09. The molecule has 1 aromatic rings. The minimum absolute atomic E-state index is 0.0438. The highest BCUT2D eigenvalue weighted by Gasteiger charge is 2.59. The van der Waals surface area contributed by atoms with Gasteiger partial charge in [0.1, 0.15) is 0 Å². The summed E-state index contributed by atoms with van der Waals surface area (Å²) in [7, 11) is 0. The molecule has 0 radical (unpaired) electrons. The predicted octanol–water partition coefficient (Wildman–Crippen LogP) is 1.88. The van der Waals surface area contributed by atoms with Crippen molar-refractivity contribution in [1.82, 2.24) is 0 Å². The zero-order chi connectivity index (χ0) is 12.1. The van der Waals surface area contributed by atoms with Crippen molar-refractivity contribution in [2.45, 2.75) is 25.8 Å². The van der Waals surface area contributed by atoms with E-state index in [0.29, 0.717) is 5.56 Å². The van der Waals surface area contributed by atoms with Crippen molar-refractivity contribution < 1.29 is 10.0 Å². The van der Waals surface area contributed by atoms with Crippen molar-refractivity contribution in [3.63, 3.8) is 0 Å². The molecule has 3 N–H and O–H groups in total. The van der Waals surface area contributed by atoms with Gasteiger partial charge in [-0.05, 0) is 23.5 Å². The van der Waals surface area contributed by atoms with Crippen LogP contribution < -0.4 is 5.73 Å². The van der Waals surface area contributed by atoms with Crippen LogP contribution >= 0.6 is 0 Å². The lowest BCUT2D eigenvalue weighted by Gasteiger charge is -2.15. The predicted molar refractivity (Wildman–Crippen MR) is 59.0 cm³/mol. The van der Waals surface area contributed by atoms with Crippen molar-refractivity contribution >= 4 is 5.69 Å². The maximum Gasteiger partial charge on any atom is 0.311 e. The van der Waals surface area contributed by atoms with Gasteiger partial charge in [-0.15, -0.1) is 0 Å². The van der Waals surface area contributed by atoms with E-state index in [0.717, 1.165) is 6.42 Å². The molecule has 16 heavy (non-hydrogen) atoms. The second-order valence-electron chi connectivity index (χ2n) is 4.99. The number of nitro benzene ring substituents is 1. The summed E-state index contributed by atoms with van der Waals surface area (Å²) in [5.41, 5.74) is 6.03. The molecule has 1 fully saturated rings. The Kier molecular flexibility index (Phi) is 2.00. The first-order valence-corrected chi connectivity index (χ1v) is 5.05. The smallest absolute Gasteiger partial charge is 0.311 e. The van der Waals surface area contributed by atoms with Gasteiger partial charge in [-0.2, -0.15) is 0 Å².